The second-order valence-corrected chi connectivity index (χ2v) is 7.06. The first kappa shape index (κ1) is 18.1. The van der Waals surface area contributed by atoms with Crippen LogP contribution < -0.4 is 5.32 Å². The maximum absolute atomic E-state index is 14.5. The van der Waals surface area contributed by atoms with Crippen LogP contribution in [0.5, 0.6) is 0 Å². The molecule has 0 aliphatic carbocycles. The second kappa shape index (κ2) is 7.27. The van der Waals surface area contributed by atoms with E-state index in [9.17, 15) is 4.39 Å². The molecule has 130 valence electrons. The molecule has 25 heavy (non-hydrogen) atoms. The van der Waals surface area contributed by atoms with E-state index in [0.29, 0.717) is 27.6 Å². The van der Waals surface area contributed by atoms with Crippen LogP contribution in [0.3, 0.4) is 0 Å². The molecular formula is C16H14Cl2FN5S. The fourth-order valence-corrected chi connectivity index (χ4v) is 3.22. The van der Waals surface area contributed by atoms with E-state index in [0.717, 1.165) is 0 Å². The van der Waals surface area contributed by atoms with Crippen LogP contribution in [0.4, 0.5) is 10.1 Å². The Labute approximate surface area is 158 Å². The van der Waals surface area contributed by atoms with Gasteiger partial charge in [0, 0.05) is 17.2 Å². The van der Waals surface area contributed by atoms with E-state index in [1.807, 2.05) is 20.1 Å². The molecule has 2 aromatic heterocycles. The van der Waals surface area contributed by atoms with Gasteiger partial charge in [0.1, 0.15) is 11.0 Å². The van der Waals surface area contributed by atoms with Gasteiger partial charge in [-0.2, -0.15) is 4.98 Å². The zero-order valence-corrected chi connectivity index (χ0v) is 16.0. The average molecular weight is 398 g/mol. The summed E-state index contributed by atoms with van der Waals surface area (Å²) in [6.07, 6.45) is 1.84. The first-order chi connectivity index (χ1) is 11.9. The minimum absolute atomic E-state index is 0.0352. The van der Waals surface area contributed by atoms with Crippen LogP contribution in [0.2, 0.25) is 10.2 Å². The molecule has 3 rings (SSSR count). The van der Waals surface area contributed by atoms with E-state index in [2.05, 4.69) is 25.5 Å². The van der Waals surface area contributed by atoms with Gasteiger partial charge in [-0.15, -0.1) is 10.2 Å². The summed E-state index contributed by atoms with van der Waals surface area (Å²) >= 11 is 14.0. The summed E-state index contributed by atoms with van der Waals surface area (Å²) in [6.45, 7) is 3.90. The second-order valence-electron chi connectivity index (χ2n) is 5.52. The highest BCUT2D eigenvalue weighted by Gasteiger charge is 2.23. The summed E-state index contributed by atoms with van der Waals surface area (Å²) in [5.74, 6) is -0.496. The number of hydrogen-bond donors (Lipinski definition) is 1. The fourth-order valence-electron chi connectivity index (χ4n) is 2.39. The van der Waals surface area contributed by atoms with Gasteiger partial charge < -0.3 is 5.32 Å². The summed E-state index contributed by atoms with van der Waals surface area (Å²) < 4.78 is 14.5. The largest absolute Gasteiger partial charge is 0.380 e. The number of benzene rings is 1. The molecule has 0 amide bonds. The SMILES string of the molecule is CSc1nnc2c(NC(C)C)c(-c3c(F)cccc3Cl)c(Cl)nc2n1. The molecule has 9 heteroatoms. The van der Waals surface area contributed by atoms with E-state index in [4.69, 9.17) is 23.2 Å². The molecule has 0 spiro atoms. The van der Waals surface area contributed by atoms with Gasteiger partial charge in [-0.05, 0) is 32.2 Å². The van der Waals surface area contributed by atoms with E-state index in [1.165, 1.54) is 23.9 Å². The highest BCUT2D eigenvalue weighted by Crippen LogP contribution is 2.42. The highest BCUT2D eigenvalue weighted by molar-refractivity contribution is 7.98. The van der Waals surface area contributed by atoms with Gasteiger partial charge in [-0.25, -0.2) is 9.37 Å². The van der Waals surface area contributed by atoms with Gasteiger partial charge in [0.15, 0.2) is 11.2 Å². The third-order valence-electron chi connectivity index (χ3n) is 3.37. The van der Waals surface area contributed by atoms with Crippen LogP contribution in [0.25, 0.3) is 22.3 Å². The molecule has 5 nitrogen and oxygen atoms in total. The molecule has 0 fully saturated rings. The molecule has 2 heterocycles. The standard InChI is InChI=1S/C16H14Cl2FN5S/c1-7(2)20-12-11(10-8(17)5-4-6-9(10)19)14(18)21-15-13(12)23-24-16(22-15)25-3/h4-7H,1-3H3,(H,20,21,22,24). The number of nitrogens with zero attached hydrogens (tertiary/aromatic N) is 4. The Morgan fingerprint density at radius 1 is 1.12 bits per heavy atom. The number of hydrogen-bond acceptors (Lipinski definition) is 6. The van der Waals surface area contributed by atoms with Gasteiger partial charge in [-0.3, -0.25) is 0 Å². The van der Waals surface area contributed by atoms with Crippen LogP contribution in [-0.4, -0.2) is 32.5 Å². The minimum atomic E-state index is -0.496. The summed E-state index contributed by atoms with van der Waals surface area (Å²) in [5, 5.41) is 12.3. The summed E-state index contributed by atoms with van der Waals surface area (Å²) in [7, 11) is 0. The van der Waals surface area contributed by atoms with Crippen LogP contribution in [0.15, 0.2) is 23.4 Å². The molecule has 0 atom stereocenters. The lowest BCUT2D eigenvalue weighted by atomic mass is 10.0. The molecule has 0 aliphatic rings. The van der Waals surface area contributed by atoms with Crippen LogP contribution in [0.1, 0.15) is 13.8 Å². The van der Waals surface area contributed by atoms with Crippen molar-refractivity contribution in [1.29, 1.82) is 0 Å². The Bertz CT molecular complexity index is 931. The molecule has 0 aliphatic heterocycles. The molecule has 3 aromatic rings. The smallest absolute Gasteiger partial charge is 0.210 e. The number of pyridine rings is 1. The third-order valence-corrected chi connectivity index (χ3v) is 4.50. The van der Waals surface area contributed by atoms with Gasteiger partial charge in [-0.1, -0.05) is 41.0 Å². The lowest BCUT2D eigenvalue weighted by Gasteiger charge is -2.18. The predicted octanol–water partition coefficient (Wildman–Crippen LogP) is 5.07. The summed E-state index contributed by atoms with van der Waals surface area (Å²) in [6, 6.07) is 4.49. The van der Waals surface area contributed by atoms with Gasteiger partial charge in [0.2, 0.25) is 5.16 Å². The van der Waals surface area contributed by atoms with Crippen molar-refractivity contribution in [3.63, 3.8) is 0 Å². The Kier molecular flexibility index (Phi) is 5.27. The normalized spacial score (nSPS) is 11.3. The Hall–Kier alpha value is -1.70. The highest BCUT2D eigenvalue weighted by atomic mass is 35.5. The summed E-state index contributed by atoms with van der Waals surface area (Å²) in [4.78, 5) is 8.61. The van der Waals surface area contributed by atoms with Crippen LogP contribution in [-0.2, 0) is 0 Å². The lowest BCUT2D eigenvalue weighted by Crippen LogP contribution is -2.13. The van der Waals surface area contributed by atoms with Crippen molar-refractivity contribution in [1.82, 2.24) is 20.2 Å². The van der Waals surface area contributed by atoms with E-state index < -0.39 is 5.82 Å². The maximum Gasteiger partial charge on any atom is 0.210 e. The number of nitrogens with one attached hydrogen (secondary N) is 1. The third kappa shape index (κ3) is 3.49. The molecule has 1 N–H and O–H groups in total. The minimum Gasteiger partial charge on any atom is -0.380 e. The van der Waals surface area contributed by atoms with Crippen molar-refractivity contribution in [2.75, 3.05) is 11.6 Å². The molecule has 1 aromatic carbocycles. The predicted molar refractivity (Wildman–Crippen MR) is 101 cm³/mol. The quantitative estimate of drug-likeness (QED) is 0.489. The summed E-state index contributed by atoms with van der Waals surface area (Å²) in [5.41, 5.74) is 1.76. The van der Waals surface area contributed by atoms with Crippen molar-refractivity contribution in [3.8, 4) is 11.1 Å². The molecule has 0 radical (unpaired) electrons. The Morgan fingerprint density at radius 3 is 2.52 bits per heavy atom. The van der Waals surface area contributed by atoms with E-state index in [1.54, 1.807) is 6.07 Å². The molecule has 0 saturated carbocycles. The fraction of sp³-hybridized carbons (Fsp3) is 0.250. The van der Waals surface area contributed by atoms with Crippen molar-refractivity contribution >= 4 is 51.8 Å². The monoisotopic (exact) mass is 397 g/mol. The van der Waals surface area contributed by atoms with Crippen molar-refractivity contribution in [2.45, 2.75) is 25.0 Å². The molecule has 0 bridgehead atoms. The van der Waals surface area contributed by atoms with Gasteiger partial charge in [0.05, 0.1) is 10.7 Å². The Morgan fingerprint density at radius 2 is 1.88 bits per heavy atom. The van der Waals surface area contributed by atoms with Crippen molar-refractivity contribution < 1.29 is 4.39 Å². The van der Waals surface area contributed by atoms with Crippen molar-refractivity contribution in [3.05, 3.63) is 34.2 Å². The Balaban J connectivity index is 2.40. The maximum atomic E-state index is 14.5. The molecular weight excluding hydrogens is 384 g/mol. The molecule has 0 saturated heterocycles. The topological polar surface area (TPSA) is 63.6 Å². The van der Waals surface area contributed by atoms with E-state index >= 15 is 0 Å². The first-order valence-corrected chi connectivity index (χ1v) is 9.39. The zero-order valence-electron chi connectivity index (χ0n) is 13.6. The van der Waals surface area contributed by atoms with Crippen LogP contribution in [0, 0.1) is 5.82 Å². The van der Waals surface area contributed by atoms with Gasteiger partial charge in [0.25, 0.3) is 0 Å². The zero-order chi connectivity index (χ0) is 18.1. The average Bonchev–Trinajstić information content (AvgIpc) is 2.55. The number of fused-ring (bicyclic) bond motifs is 1. The first-order valence-electron chi connectivity index (χ1n) is 7.41. The number of rotatable bonds is 4. The number of thioether (sulfide) groups is 1. The van der Waals surface area contributed by atoms with E-state index in [-0.39, 0.29) is 21.8 Å². The number of halogens is 3. The number of aromatic nitrogens is 4. The molecule has 0 unspecified atom stereocenters. The van der Waals surface area contributed by atoms with Crippen molar-refractivity contribution in [2.24, 2.45) is 0 Å². The van der Waals surface area contributed by atoms with Gasteiger partial charge >= 0.3 is 0 Å². The number of anilines is 1. The van der Waals surface area contributed by atoms with Crippen LogP contribution >= 0.6 is 35.0 Å². The lowest BCUT2D eigenvalue weighted by molar-refractivity contribution is 0.631.